The van der Waals surface area contributed by atoms with Gasteiger partial charge in [0.05, 0.1) is 19.1 Å². The van der Waals surface area contributed by atoms with E-state index >= 15 is 0 Å². The topological polar surface area (TPSA) is 97.6 Å². The van der Waals surface area contributed by atoms with E-state index in [-0.39, 0.29) is 24.3 Å². The molecule has 3 rings (SSSR count). The molecule has 0 saturated carbocycles. The molecule has 2 heterocycles. The molecular formula is C22H30N4O4. The molecule has 2 unspecified atom stereocenters. The number of carbonyl (C=O) groups is 2. The number of nitrogens with zero attached hydrogens (tertiary/aromatic N) is 3. The number of aryl methyl sites for hydroxylation is 2. The van der Waals surface area contributed by atoms with Gasteiger partial charge in [0.15, 0.2) is 5.82 Å². The first kappa shape index (κ1) is 21.8. The minimum Gasteiger partial charge on any atom is -0.497 e. The number of amides is 2. The maximum Gasteiger partial charge on any atom is 0.226 e. The normalized spacial score (nSPS) is 18.6. The van der Waals surface area contributed by atoms with Gasteiger partial charge in [-0.15, -0.1) is 0 Å². The van der Waals surface area contributed by atoms with Crippen molar-refractivity contribution in [3.63, 3.8) is 0 Å². The van der Waals surface area contributed by atoms with Crippen molar-refractivity contribution in [3.05, 3.63) is 41.5 Å². The molecule has 0 spiro atoms. The zero-order valence-electron chi connectivity index (χ0n) is 17.9. The predicted octanol–water partition coefficient (Wildman–Crippen LogP) is 2.83. The summed E-state index contributed by atoms with van der Waals surface area (Å²) in [5.41, 5.74) is 0.958. The lowest BCUT2D eigenvalue weighted by molar-refractivity contribution is -0.129. The fourth-order valence-electron chi connectivity index (χ4n) is 3.85. The minimum atomic E-state index is -0.409. The Morgan fingerprint density at radius 3 is 2.70 bits per heavy atom. The Labute approximate surface area is 177 Å². The van der Waals surface area contributed by atoms with Gasteiger partial charge in [-0.2, -0.15) is 4.98 Å². The Morgan fingerprint density at radius 1 is 1.30 bits per heavy atom. The summed E-state index contributed by atoms with van der Waals surface area (Å²) in [6.45, 7) is 5.02. The van der Waals surface area contributed by atoms with Gasteiger partial charge in [0, 0.05) is 25.9 Å². The number of ether oxygens (including phenoxy) is 1. The molecule has 1 saturated heterocycles. The summed E-state index contributed by atoms with van der Waals surface area (Å²) < 4.78 is 10.3. The van der Waals surface area contributed by atoms with Crippen LogP contribution in [-0.4, -0.2) is 47.1 Å². The number of likely N-dealkylation sites (tertiary alicyclic amines) is 1. The van der Waals surface area contributed by atoms with Crippen LogP contribution < -0.4 is 10.1 Å². The van der Waals surface area contributed by atoms with Crippen LogP contribution >= 0.6 is 0 Å². The molecule has 162 valence electrons. The van der Waals surface area contributed by atoms with Gasteiger partial charge in [-0.05, 0) is 37.5 Å². The van der Waals surface area contributed by atoms with Gasteiger partial charge < -0.3 is 19.5 Å². The second kappa shape index (κ2) is 10.2. The van der Waals surface area contributed by atoms with E-state index in [1.807, 2.05) is 29.2 Å². The number of benzene rings is 1. The molecule has 2 atom stereocenters. The molecule has 8 nitrogen and oxygen atoms in total. The van der Waals surface area contributed by atoms with Crippen LogP contribution in [0, 0.1) is 12.8 Å². The standard InChI is InChI=1S/C22H30N4O4/c1-4-5-13-26-20(27)14-18(21(26)16-8-10-17(29-3)11-9-16)22(28)23-12-6-7-19-24-15(2)25-30-19/h8-11,18,21H,4-7,12-14H2,1-3H3,(H,23,28). The van der Waals surface area contributed by atoms with Crippen LogP contribution in [0.2, 0.25) is 0 Å². The fourth-order valence-corrected chi connectivity index (χ4v) is 3.85. The molecule has 1 N–H and O–H groups in total. The summed E-state index contributed by atoms with van der Waals surface area (Å²) in [4.78, 5) is 31.7. The first-order chi connectivity index (χ1) is 14.5. The van der Waals surface area contributed by atoms with Crippen molar-refractivity contribution in [2.75, 3.05) is 20.2 Å². The van der Waals surface area contributed by atoms with Crippen molar-refractivity contribution in [2.45, 2.75) is 52.0 Å². The molecule has 1 aliphatic heterocycles. The zero-order chi connectivity index (χ0) is 21.5. The monoisotopic (exact) mass is 414 g/mol. The molecule has 2 amide bonds. The van der Waals surface area contributed by atoms with Gasteiger partial charge in [-0.1, -0.05) is 30.6 Å². The molecular weight excluding hydrogens is 384 g/mol. The molecule has 30 heavy (non-hydrogen) atoms. The third-order valence-corrected chi connectivity index (χ3v) is 5.41. The van der Waals surface area contributed by atoms with Gasteiger partial charge >= 0.3 is 0 Å². The van der Waals surface area contributed by atoms with Crippen LogP contribution in [0.25, 0.3) is 0 Å². The lowest BCUT2D eigenvalue weighted by Gasteiger charge is -2.28. The van der Waals surface area contributed by atoms with Crippen LogP contribution in [0.15, 0.2) is 28.8 Å². The third kappa shape index (κ3) is 5.17. The van der Waals surface area contributed by atoms with Gasteiger partial charge in [0.25, 0.3) is 0 Å². The van der Waals surface area contributed by atoms with E-state index < -0.39 is 5.92 Å². The second-order valence-corrected chi connectivity index (χ2v) is 7.60. The van der Waals surface area contributed by atoms with E-state index in [0.717, 1.165) is 24.2 Å². The van der Waals surface area contributed by atoms with E-state index in [0.29, 0.717) is 37.6 Å². The number of hydrogen-bond donors (Lipinski definition) is 1. The van der Waals surface area contributed by atoms with E-state index in [2.05, 4.69) is 22.4 Å². The first-order valence-electron chi connectivity index (χ1n) is 10.5. The number of aromatic nitrogens is 2. The van der Waals surface area contributed by atoms with Crippen molar-refractivity contribution >= 4 is 11.8 Å². The van der Waals surface area contributed by atoms with Crippen LogP contribution in [0.5, 0.6) is 5.75 Å². The Bertz CT molecular complexity index is 849. The number of hydrogen-bond acceptors (Lipinski definition) is 6. The van der Waals surface area contributed by atoms with E-state index in [4.69, 9.17) is 9.26 Å². The largest absolute Gasteiger partial charge is 0.497 e. The van der Waals surface area contributed by atoms with Crippen LogP contribution in [-0.2, 0) is 16.0 Å². The summed E-state index contributed by atoms with van der Waals surface area (Å²) in [5.74, 6) is 1.46. The Balaban J connectivity index is 1.66. The molecule has 0 bridgehead atoms. The summed E-state index contributed by atoms with van der Waals surface area (Å²) >= 11 is 0. The van der Waals surface area contributed by atoms with Gasteiger partial charge in [-0.25, -0.2) is 0 Å². The molecule has 1 aliphatic rings. The number of nitrogens with one attached hydrogen (secondary N) is 1. The first-order valence-corrected chi connectivity index (χ1v) is 10.5. The molecule has 8 heteroatoms. The Kier molecular flexibility index (Phi) is 7.43. The van der Waals surface area contributed by atoms with E-state index in [9.17, 15) is 9.59 Å². The third-order valence-electron chi connectivity index (χ3n) is 5.41. The van der Waals surface area contributed by atoms with E-state index in [1.54, 1.807) is 14.0 Å². The summed E-state index contributed by atoms with van der Waals surface area (Å²) in [7, 11) is 1.62. The van der Waals surface area contributed by atoms with Crippen LogP contribution in [0.4, 0.5) is 0 Å². The average molecular weight is 415 g/mol. The van der Waals surface area contributed by atoms with Crippen molar-refractivity contribution in [3.8, 4) is 5.75 Å². The molecule has 0 radical (unpaired) electrons. The maximum atomic E-state index is 13.0. The summed E-state index contributed by atoms with van der Waals surface area (Å²) in [6, 6.07) is 7.38. The number of unbranched alkanes of at least 4 members (excludes halogenated alkanes) is 1. The molecule has 1 aromatic heterocycles. The lowest BCUT2D eigenvalue weighted by atomic mass is 9.92. The highest BCUT2D eigenvalue weighted by atomic mass is 16.5. The highest BCUT2D eigenvalue weighted by Gasteiger charge is 2.43. The summed E-state index contributed by atoms with van der Waals surface area (Å²) in [6.07, 6.45) is 3.44. The Hall–Kier alpha value is -2.90. The number of rotatable bonds is 10. The van der Waals surface area contributed by atoms with Gasteiger partial charge in [0.1, 0.15) is 5.75 Å². The minimum absolute atomic E-state index is 0.0331. The molecule has 1 aromatic carbocycles. The molecule has 1 fully saturated rings. The summed E-state index contributed by atoms with van der Waals surface area (Å²) in [5, 5.41) is 6.75. The maximum absolute atomic E-state index is 13.0. The van der Waals surface area contributed by atoms with Gasteiger partial charge in [0.2, 0.25) is 17.7 Å². The zero-order valence-corrected chi connectivity index (χ0v) is 17.9. The highest BCUT2D eigenvalue weighted by molar-refractivity contribution is 5.90. The van der Waals surface area contributed by atoms with Crippen LogP contribution in [0.3, 0.4) is 0 Å². The molecule has 0 aliphatic carbocycles. The smallest absolute Gasteiger partial charge is 0.226 e. The quantitative estimate of drug-likeness (QED) is 0.601. The van der Waals surface area contributed by atoms with Crippen molar-refractivity contribution < 1.29 is 18.8 Å². The lowest BCUT2D eigenvalue weighted by Crippen LogP contribution is -2.36. The van der Waals surface area contributed by atoms with Crippen molar-refractivity contribution in [1.29, 1.82) is 0 Å². The van der Waals surface area contributed by atoms with Gasteiger partial charge in [-0.3, -0.25) is 9.59 Å². The SMILES string of the molecule is CCCCN1C(=O)CC(C(=O)NCCCc2nc(C)no2)C1c1ccc(OC)cc1. The predicted molar refractivity (Wildman–Crippen MR) is 111 cm³/mol. The van der Waals surface area contributed by atoms with Crippen LogP contribution in [0.1, 0.15) is 55.9 Å². The number of methoxy groups -OCH3 is 1. The second-order valence-electron chi connectivity index (χ2n) is 7.60. The van der Waals surface area contributed by atoms with Crippen molar-refractivity contribution in [2.24, 2.45) is 5.92 Å². The van der Waals surface area contributed by atoms with Crippen molar-refractivity contribution in [1.82, 2.24) is 20.4 Å². The number of carbonyl (C=O) groups excluding carboxylic acids is 2. The van der Waals surface area contributed by atoms with E-state index in [1.165, 1.54) is 0 Å². The fraction of sp³-hybridized carbons (Fsp3) is 0.545. The average Bonchev–Trinajstić information content (AvgIpc) is 3.32. The molecule has 2 aromatic rings. The Morgan fingerprint density at radius 2 is 2.07 bits per heavy atom. The highest BCUT2D eigenvalue weighted by Crippen LogP contribution is 2.39.